The minimum absolute atomic E-state index is 0.137. The molecular formula is C21H26BrN3O3S. The second-order valence-electron chi connectivity index (χ2n) is 7.14. The van der Waals surface area contributed by atoms with Gasteiger partial charge in [-0.25, -0.2) is 13.2 Å². The Bertz CT molecular complexity index is 959. The van der Waals surface area contributed by atoms with Crippen molar-refractivity contribution < 1.29 is 13.2 Å². The zero-order valence-corrected chi connectivity index (χ0v) is 18.8. The number of nitrogens with one attached hydrogen (secondary N) is 2. The lowest BCUT2D eigenvalue weighted by Gasteiger charge is -2.27. The first-order chi connectivity index (χ1) is 13.9. The third-order valence-electron chi connectivity index (χ3n) is 5.06. The molecule has 0 unspecified atom stereocenters. The van der Waals surface area contributed by atoms with E-state index < -0.39 is 10.0 Å². The standard InChI is InChI=1S/C21H26BrN3O3S/c1-16(18-10-4-5-11-19(18)22)24-21(26)23-15-17-9-3-6-12-20(17)29(27,28)25-13-7-2-8-14-25/h3-6,9-12,16H,2,7-8,13-15H2,1H3,(H2,23,24,26)/t16-/m1/s1. The van der Waals surface area contributed by atoms with E-state index in [1.165, 1.54) is 0 Å². The van der Waals surface area contributed by atoms with E-state index in [1.54, 1.807) is 28.6 Å². The predicted octanol–water partition coefficient (Wildman–Crippen LogP) is 4.18. The van der Waals surface area contributed by atoms with E-state index in [2.05, 4.69) is 26.6 Å². The number of carbonyl (C=O) groups is 1. The number of carbonyl (C=O) groups excluding carboxylic acids is 1. The van der Waals surface area contributed by atoms with Gasteiger partial charge in [-0.2, -0.15) is 4.31 Å². The summed E-state index contributed by atoms with van der Waals surface area (Å²) in [5.41, 5.74) is 1.55. The molecule has 8 heteroatoms. The molecule has 29 heavy (non-hydrogen) atoms. The second-order valence-corrected chi connectivity index (χ2v) is 9.90. The van der Waals surface area contributed by atoms with Gasteiger partial charge in [-0.05, 0) is 43.0 Å². The molecule has 0 bridgehead atoms. The van der Waals surface area contributed by atoms with Crippen molar-refractivity contribution in [2.45, 2.75) is 43.7 Å². The number of piperidine rings is 1. The van der Waals surface area contributed by atoms with E-state index in [0.29, 0.717) is 18.7 Å². The third kappa shape index (κ3) is 5.38. The van der Waals surface area contributed by atoms with Crippen LogP contribution in [-0.4, -0.2) is 31.8 Å². The summed E-state index contributed by atoms with van der Waals surface area (Å²) in [4.78, 5) is 12.6. The fourth-order valence-electron chi connectivity index (χ4n) is 3.47. The average Bonchev–Trinajstić information content (AvgIpc) is 2.73. The van der Waals surface area contributed by atoms with E-state index in [1.807, 2.05) is 31.2 Å². The van der Waals surface area contributed by atoms with Crippen molar-refractivity contribution in [3.8, 4) is 0 Å². The molecule has 1 aliphatic heterocycles. The Morgan fingerprint density at radius 2 is 1.72 bits per heavy atom. The highest BCUT2D eigenvalue weighted by Crippen LogP contribution is 2.24. The fourth-order valence-corrected chi connectivity index (χ4v) is 5.84. The summed E-state index contributed by atoms with van der Waals surface area (Å²) < 4.78 is 28.6. The molecule has 1 atom stereocenters. The minimum Gasteiger partial charge on any atom is -0.334 e. The van der Waals surface area contributed by atoms with Crippen LogP contribution in [0.2, 0.25) is 0 Å². The van der Waals surface area contributed by atoms with Gasteiger partial charge < -0.3 is 10.6 Å². The number of hydrogen-bond acceptors (Lipinski definition) is 3. The molecule has 2 aromatic rings. The number of hydrogen-bond donors (Lipinski definition) is 2. The summed E-state index contributed by atoms with van der Waals surface area (Å²) in [5.74, 6) is 0. The number of benzene rings is 2. The highest BCUT2D eigenvalue weighted by atomic mass is 79.9. The van der Waals surface area contributed by atoms with Crippen LogP contribution in [0.5, 0.6) is 0 Å². The first-order valence-corrected chi connectivity index (χ1v) is 12.0. The number of sulfonamides is 1. The van der Waals surface area contributed by atoms with E-state index in [0.717, 1.165) is 29.3 Å². The molecule has 0 aliphatic carbocycles. The summed E-state index contributed by atoms with van der Waals surface area (Å²) in [6, 6.07) is 14.0. The number of nitrogens with zero attached hydrogens (tertiary/aromatic N) is 1. The predicted molar refractivity (Wildman–Crippen MR) is 117 cm³/mol. The summed E-state index contributed by atoms with van der Waals surface area (Å²) in [6.07, 6.45) is 2.83. The van der Waals surface area contributed by atoms with Crippen molar-refractivity contribution in [1.29, 1.82) is 0 Å². The van der Waals surface area contributed by atoms with Gasteiger partial charge in [0.25, 0.3) is 0 Å². The molecular weight excluding hydrogens is 454 g/mol. The summed E-state index contributed by atoms with van der Waals surface area (Å²) in [5, 5.41) is 5.68. The van der Waals surface area contributed by atoms with Crippen molar-refractivity contribution in [2.75, 3.05) is 13.1 Å². The molecule has 0 saturated carbocycles. The Balaban J connectivity index is 1.67. The molecule has 2 aromatic carbocycles. The number of amides is 2. The Morgan fingerprint density at radius 1 is 1.07 bits per heavy atom. The maximum atomic E-state index is 13.0. The molecule has 1 fully saturated rings. The van der Waals surface area contributed by atoms with Crippen molar-refractivity contribution in [3.63, 3.8) is 0 Å². The van der Waals surface area contributed by atoms with E-state index in [9.17, 15) is 13.2 Å². The molecule has 3 rings (SSSR count). The minimum atomic E-state index is -3.56. The smallest absolute Gasteiger partial charge is 0.315 e. The first-order valence-electron chi connectivity index (χ1n) is 9.76. The maximum absolute atomic E-state index is 13.0. The SMILES string of the molecule is C[C@@H](NC(=O)NCc1ccccc1S(=O)(=O)N1CCCCC1)c1ccccc1Br. The quantitative estimate of drug-likeness (QED) is 0.651. The third-order valence-corrected chi connectivity index (χ3v) is 7.79. The van der Waals surface area contributed by atoms with Crippen LogP contribution >= 0.6 is 15.9 Å². The maximum Gasteiger partial charge on any atom is 0.315 e. The Hall–Kier alpha value is -1.90. The molecule has 2 amide bonds. The fraction of sp³-hybridized carbons (Fsp3) is 0.381. The highest BCUT2D eigenvalue weighted by Gasteiger charge is 2.28. The Kier molecular flexibility index (Phi) is 7.32. The van der Waals surface area contributed by atoms with E-state index in [4.69, 9.17) is 0 Å². The van der Waals surface area contributed by atoms with Crippen LogP contribution < -0.4 is 10.6 Å². The van der Waals surface area contributed by atoms with Crippen LogP contribution in [0.15, 0.2) is 57.9 Å². The average molecular weight is 480 g/mol. The summed E-state index contributed by atoms with van der Waals surface area (Å²) in [6.45, 7) is 3.13. The van der Waals surface area contributed by atoms with Gasteiger partial charge in [-0.15, -0.1) is 0 Å². The van der Waals surface area contributed by atoms with Crippen molar-refractivity contribution in [3.05, 3.63) is 64.1 Å². The monoisotopic (exact) mass is 479 g/mol. The first kappa shape index (κ1) is 21.8. The molecule has 0 aromatic heterocycles. The van der Waals surface area contributed by atoms with Crippen molar-refractivity contribution in [2.24, 2.45) is 0 Å². The zero-order valence-electron chi connectivity index (χ0n) is 16.4. The van der Waals surface area contributed by atoms with Gasteiger partial charge in [0, 0.05) is 24.1 Å². The number of halogens is 1. The van der Waals surface area contributed by atoms with Gasteiger partial charge in [0.15, 0.2) is 0 Å². The zero-order chi connectivity index (χ0) is 20.9. The van der Waals surface area contributed by atoms with Crippen LogP contribution in [-0.2, 0) is 16.6 Å². The Morgan fingerprint density at radius 3 is 2.45 bits per heavy atom. The summed E-state index contributed by atoms with van der Waals surface area (Å²) >= 11 is 3.49. The molecule has 1 aliphatic rings. The van der Waals surface area contributed by atoms with Crippen molar-refractivity contribution >= 4 is 32.0 Å². The normalized spacial score (nSPS) is 16.2. The lowest BCUT2D eigenvalue weighted by Crippen LogP contribution is -2.38. The molecule has 1 saturated heterocycles. The van der Waals surface area contributed by atoms with Gasteiger partial charge >= 0.3 is 6.03 Å². The molecule has 1 heterocycles. The molecule has 156 valence electrons. The topological polar surface area (TPSA) is 78.5 Å². The molecule has 0 spiro atoms. The van der Waals surface area contributed by atoms with Crippen molar-refractivity contribution in [1.82, 2.24) is 14.9 Å². The molecule has 2 N–H and O–H groups in total. The summed E-state index contributed by atoms with van der Waals surface area (Å²) in [7, 11) is -3.56. The molecule has 0 radical (unpaired) electrons. The van der Waals surface area contributed by atoms with Gasteiger partial charge in [-0.1, -0.05) is 58.7 Å². The van der Waals surface area contributed by atoms with Crippen LogP contribution in [0.1, 0.15) is 43.4 Å². The van der Waals surface area contributed by atoms with Gasteiger partial charge in [-0.3, -0.25) is 0 Å². The Labute approximate surface area is 180 Å². The van der Waals surface area contributed by atoms with Gasteiger partial charge in [0.2, 0.25) is 10.0 Å². The lowest BCUT2D eigenvalue weighted by atomic mass is 10.1. The number of urea groups is 1. The van der Waals surface area contributed by atoms with Gasteiger partial charge in [0.05, 0.1) is 10.9 Å². The molecule has 6 nitrogen and oxygen atoms in total. The van der Waals surface area contributed by atoms with Gasteiger partial charge in [0.1, 0.15) is 0 Å². The van der Waals surface area contributed by atoms with Crippen LogP contribution in [0.3, 0.4) is 0 Å². The van der Waals surface area contributed by atoms with E-state index in [-0.39, 0.29) is 23.5 Å². The second kappa shape index (κ2) is 9.73. The van der Waals surface area contributed by atoms with E-state index >= 15 is 0 Å². The lowest BCUT2D eigenvalue weighted by molar-refractivity contribution is 0.237. The largest absolute Gasteiger partial charge is 0.334 e. The number of rotatable bonds is 6. The highest BCUT2D eigenvalue weighted by molar-refractivity contribution is 9.10. The van der Waals surface area contributed by atoms with Crippen LogP contribution in [0.4, 0.5) is 4.79 Å². The van der Waals surface area contributed by atoms with Crippen LogP contribution in [0.25, 0.3) is 0 Å². The van der Waals surface area contributed by atoms with Crippen LogP contribution in [0, 0.1) is 0 Å².